The van der Waals surface area contributed by atoms with Crippen LogP contribution in [0.5, 0.6) is 0 Å². The van der Waals surface area contributed by atoms with Gasteiger partial charge in [-0.05, 0) is 19.3 Å². The molecule has 116 valence electrons. The van der Waals surface area contributed by atoms with Crippen molar-refractivity contribution in [3.05, 3.63) is 0 Å². The maximum atomic E-state index is 11.1. The van der Waals surface area contributed by atoms with Gasteiger partial charge in [0.1, 0.15) is 0 Å². The molecule has 0 aliphatic carbocycles. The molecular formula is C12H26N6O2. The zero-order valence-corrected chi connectivity index (χ0v) is 12.7. The van der Waals surface area contributed by atoms with E-state index in [9.17, 15) is 4.79 Å². The third-order valence-corrected chi connectivity index (χ3v) is 2.65. The SMILES string of the molecule is CN(C)C(N)=NCCCC[C@H](N=C(N)N(C)C)C(=O)O. The largest absolute Gasteiger partial charge is 0.480 e. The van der Waals surface area contributed by atoms with E-state index < -0.39 is 12.0 Å². The molecule has 0 aromatic heterocycles. The van der Waals surface area contributed by atoms with Gasteiger partial charge >= 0.3 is 5.97 Å². The summed E-state index contributed by atoms with van der Waals surface area (Å²) in [5.74, 6) is -0.284. The minimum Gasteiger partial charge on any atom is -0.480 e. The molecule has 0 aliphatic rings. The Morgan fingerprint density at radius 2 is 1.65 bits per heavy atom. The van der Waals surface area contributed by atoms with Crippen molar-refractivity contribution in [2.24, 2.45) is 21.5 Å². The number of nitrogens with zero attached hydrogens (tertiary/aromatic N) is 4. The number of unbranched alkanes of at least 4 members (excludes halogenated alkanes) is 1. The van der Waals surface area contributed by atoms with Gasteiger partial charge < -0.3 is 26.4 Å². The fourth-order valence-electron chi connectivity index (χ4n) is 1.30. The van der Waals surface area contributed by atoms with Crippen molar-refractivity contribution in [1.82, 2.24) is 9.80 Å². The van der Waals surface area contributed by atoms with Gasteiger partial charge in [0, 0.05) is 34.7 Å². The molecule has 8 heteroatoms. The van der Waals surface area contributed by atoms with Crippen molar-refractivity contribution in [3.8, 4) is 0 Å². The Morgan fingerprint density at radius 3 is 2.10 bits per heavy atom. The molecule has 0 saturated carbocycles. The topological polar surface area (TPSA) is 121 Å². The second-order valence-corrected chi connectivity index (χ2v) is 4.87. The lowest BCUT2D eigenvalue weighted by molar-refractivity contribution is -0.138. The van der Waals surface area contributed by atoms with Crippen molar-refractivity contribution < 1.29 is 9.90 Å². The first kappa shape index (κ1) is 18.0. The summed E-state index contributed by atoms with van der Waals surface area (Å²) in [4.78, 5) is 22.5. The first-order valence-electron chi connectivity index (χ1n) is 6.46. The second-order valence-electron chi connectivity index (χ2n) is 4.87. The highest BCUT2D eigenvalue weighted by Gasteiger charge is 2.16. The van der Waals surface area contributed by atoms with Gasteiger partial charge in [0.15, 0.2) is 18.0 Å². The summed E-state index contributed by atoms with van der Waals surface area (Å²) >= 11 is 0. The number of guanidine groups is 2. The molecule has 5 N–H and O–H groups in total. The van der Waals surface area contributed by atoms with Gasteiger partial charge in [0.2, 0.25) is 0 Å². The van der Waals surface area contributed by atoms with Crippen LogP contribution in [0.1, 0.15) is 19.3 Å². The van der Waals surface area contributed by atoms with Crippen molar-refractivity contribution in [2.45, 2.75) is 25.3 Å². The van der Waals surface area contributed by atoms with Crippen LogP contribution < -0.4 is 11.5 Å². The van der Waals surface area contributed by atoms with Crippen LogP contribution in [0.4, 0.5) is 0 Å². The smallest absolute Gasteiger partial charge is 0.328 e. The minimum absolute atomic E-state index is 0.215. The number of carboxylic acids is 1. The van der Waals surface area contributed by atoms with Gasteiger partial charge in [0.05, 0.1) is 0 Å². The standard InChI is InChI=1S/C12H26N6O2/c1-17(2)11(13)15-8-6-5-7-9(10(19)20)16-12(14)18(3)4/h9H,5-8H2,1-4H3,(H2,13,15)(H2,14,16)(H,19,20)/t9-/m0/s1. The van der Waals surface area contributed by atoms with Gasteiger partial charge in [0.25, 0.3) is 0 Å². The molecule has 1 atom stereocenters. The summed E-state index contributed by atoms with van der Waals surface area (Å²) in [6.45, 7) is 0.573. The highest BCUT2D eigenvalue weighted by atomic mass is 16.4. The molecule has 0 fully saturated rings. The van der Waals surface area contributed by atoms with Crippen LogP contribution >= 0.6 is 0 Å². The molecule has 0 amide bonds. The summed E-state index contributed by atoms with van der Waals surface area (Å²) in [5.41, 5.74) is 11.3. The predicted octanol–water partition coefficient (Wildman–Crippen LogP) is -0.637. The van der Waals surface area contributed by atoms with E-state index in [1.165, 1.54) is 0 Å². The van der Waals surface area contributed by atoms with Crippen LogP contribution in [0.2, 0.25) is 0 Å². The monoisotopic (exact) mass is 286 g/mol. The first-order chi connectivity index (χ1) is 9.25. The van der Waals surface area contributed by atoms with E-state index in [0.29, 0.717) is 25.3 Å². The third-order valence-electron chi connectivity index (χ3n) is 2.65. The lowest BCUT2D eigenvalue weighted by atomic mass is 10.1. The quantitative estimate of drug-likeness (QED) is 0.325. The molecule has 0 radical (unpaired) electrons. The number of carbonyl (C=O) groups is 1. The molecule has 0 bridgehead atoms. The van der Waals surface area contributed by atoms with Crippen molar-refractivity contribution in [2.75, 3.05) is 34.7 Å². The fraction of sp³-hybridized carbons (Fsp3) is 0.750. The highest BCUT2D eigenvalue weighted by Crippen LogP contribution is 2.06. The molecule has 0 unspecified atom stereocenters. The normalized spacial score (nSPS) is 14.0. The number of carboxylic acid groups (broad SMARTS) is 1. The second kappa shape index (κ2) is 9.00. The lowest BCUT2D eigenvalue weighted by Gasteiger charge is -2.14. The van der Waals surface area contributed by atoms with E-state index in [1.807, 2.05) is 14.1 Å². The zero-order chi connectivity index (χ0) is 15.7. The van der Waals surface area contributed by atoms with E-state index in [4.69, 9.17) is 16.6 Å². The molecule has 20 heavy (non-hydrogen) atoms. The van der Waals surface area contributed by atoms with Crippen molar-refractivity contribution in [1.29, 1.82) is 0 Å². The molecule has 0 aromatic rings. The van der Waals surface area contributed by atoms with E-state index in [-0.39, 0.29) is 5.96 Å². The van der Waals surface area contributed by atoms with Gasteiger partial charge in [-0.15, -0.1) is 0 Å². The number of aliphatic carboxylic acids is 1. The summed E-state index contributed by atoms with van der Waals surface area (Å²) in [6.07, 6.45) is 1.89. The Hall–Kier alpha value is -1.99. The maximum absolute atomic E-state index is 11.1. The number of hydrogen-bond acceptors (Lipinski definition) is 3. The van der Waals surface area contributed by atoms with Crippen molar-refractivity contribution in [3.63, 3.8) is 0 Å². The van der Waals surface area contributed by atoms with Gasteiger partial charge in [-0.1, -0.05) is 0 Å². The number of aliphatic imine (C=N–C) groups is 2. The van der Waals surface area contributed by atoms with Crippen molar-refractivity contribution >= 4 is 17.9 Å². The Bertz CT molecular complexity index is 365. The highest BCUT2D eigenvalue weighted by molar-refractivity contribution is 5.82. The number of hydrogen-bond donors (Lipinski definition) is 3. The van der Waals surface area contributed by atoms with E-state index in [2.05, 4.69) is 9.98 Å². The van der Waals surface area contributed by atoms with Crippen LogP contribution in [0.15, 0.2) is 9.98 Å². The molecule has 0 saturated heterocycles. The molecular weight excluding hydrogens is 260 g/mol. The summed E-state index contributed by atoms with van der Waals surface area (Å²) in [7, 11) is 7.07. The number of nitrogens with two attached hydrogens (primary N) is 2. The summed E-state index contributed by atoms with van der Waals surface area (Å²) in [6, 6.07) is -0.812. The van der Waals surface area contributed by atoms with E-state index >= 15 is 0 Å². The van der Waals surface area contributed by atoms with Crippen LogP contribution in [-0.2, 0) is 4.79 Å². The molecule has 8 nitrogen and oxygen atoms in total. The van der Waals surface area contributed by atoms with Crippen LogP contribution in [0.3, 0.4) is 0 Å². The van der Waals surface area contributed by atoms with Crippen LogP contribution in [0.25, 0.3) is 0 Å². The predicted molar refractivity (Wildman–Crippen MR) is 80.8 cm³/mol. The Balaban J connectivity index is 4.22. The summed E-state index contributed by atoms with van der Waals surface area (Å²) < 4.78 is 0. The maximum Gasteiger partial charge on any atom is 0.328 e. The third kappa shape index (κ3) is 7.45. The lowest BCUT2D eigenvalue weighted by Crippen LogP contribution is -2.33. The van der Waals surface area contributed by atoms with E-state index in [1.54, 1.807) is 23.9 Å². The first-order valence-corrected chi connectivity index (χ1v) is 6.46. The molecule has 0 heterocycles. The Labute approximate surface area is 120 Å². The van der Waals surface area contributed by atoms with Gasteiger partial charge in [-0.2, -0.15) is 0 Å². The van der Waals surface area contributed by atoms with Gasteiger partial charge in [-0.3, -0.25) is 4.99 Å². The molecule has 0 aliphatic heterocycles. The molecule has 0 rings (SSSR count). The zero-order valence-electron chi connectivity index (χ0n) is 12.7. The number of rotatable bonds is 7. The minimum atomic E-state index is -0.967. The average molecular weight is 286 g/mol. The molecule has 0 spiro atoms. The summed E-state index contributed by atoms with van der Waals surface area (Å²) in [5, 5.41) is 9.09. The molecule has 0 aromatic carbocycles. The van der Waals surface area contributed by atoms with Crippen LogP contribution in [-0.4, -0.2) is 73.6 Å². The van der Waals surface area contributed by atoms with Crippen LogP contribution in [0, 0.1) is 0 Å². The average Bonchev–Trinajstić information content (AvgIpc) is 2.35. The Kier molecular flexibility index (Phi) is 8.10. The fourth-order valence-corrected chi connectivity index (χ4v) is 1.30. The van der Waals surface area contributed by atoms with Gasteiger partial charge in [-0.25, -0.2) is 9.79 Å². The Morgan fingerprint density at radius 1 is 1.10 bits per heavy atom. The van der Waals surface area contributed by atoms with E-state index in [0.717, 1.165) is 6.42 Å².